The molecule has 0 bridgehead atoms. The van der Waals surface area contributed by atoms with Crippen LogP contribution in [-0.4, -0.2) is 23.5 Å². The fourth-order valence-corrected chi connectivity index (χ4v) is 9.26. The van der Waals surface area contributed by atoms with Crippen LogP contribution >= 0.6 is 18.9 Å². The van der Waals surface area contributed by atoms with Crippen LogP contribution in [0.2, 0.25) is 5.02 Å². The van der Waals surface area contributed by atoms with E-state index in [1.807, 2.05) is 0 Å². The number of benzene rings is 4. The maximum atomic E-state index is 12.6. The lowest BCUT2D eigenvalue weighted by Gasteiger charge is -2.27. The van der Waals surface area contributed by atoms with Crippen molar-refractivity contribution in [1.29, 1.82) is 0 Å². The molecule has 0 radical (unpaired) electrons. The number of halogens is 1. The van der Waals surface area contributed by atoms with Crippen molar-refractivity contribution in [2.45, 2.75) is 19.3 Å². The third kappa shape index (κ3) is 6.25. The Kier molecular flexibility index (Phi) is 9.05. The largest absolute Gasteiger partial charge is 0.352 e. The minimum atomic E-state index is -1.87. The molecule has 7 heteroatoms. The van der Waals surface area contributed by atoms with Gasteiger partial charge in [-0.25, -0.2) is 0 Å². The van der Waals surface area contributed by atoms with Crippen LogP contribution in [0.1, 0.15) is 29.6 Å². The van der Waals surface area contributed by atoms with Gasteiger partial charge in [0.2, 0.25) is 0 Å². The third-order valence-corrected chi connectivity index (χ3v) is 11.2. The SMILES string of the molecule is O=C(NCCCCC[P+](c1ccccc1)(c1ccccc1)c1ccccc1)c1cc(Cl)ccc1[N+](=O)[O-]. The van der Waals surface area contributed by atoms with E-state index in [1.165, 1.54) is 34.1 Å². The van der Waals surface area contributed by atoms with Crippen LogP contribution < -0.4 is 21.2 Å². The molecule has 1 N–H and O–H groups in total. The molecule has 0 saturated carbocycles. The zero-order valence-corrected chi connectivity index (χ0v) is 22.1. The third-order valence-electron chi connectivity index (χ3n) is 6.45. The highest BCUT2D eigenvalue weighted by Crippen LogP contribution is 2.55. The summed E-state index contributed by atoms with van der Waals surface area (Å²) in [7, 11) is -1.87. The molecular formula is C30H29ClN2O3P+. The van der Waals surface area contributed by atoms with Crippen molar-refractivity contribution in [3.05, 3.63) is 130 Å². The van der Waals surface area contributed by atoms with Gasteiger partial charge in [-0.15, -0.1) is 0 Å². The van der Waals surface area contributed by atoms with Gasteiger partial charge >= 0.3 is 0 Å². The molecule has 4 aromatic carbocycles. The number of hydrogen-bond acceptors (Lipinski definition) is 3. The van der Waals surface area contributed by atoms with Gasteiger partial charge in [0.25, 0.3) is 11.6 Å². The van der Waals surface area contributed by atoms with Crippen molar-refractivity contribution in [3.8, 4) is 0 Å². The molecule has 0 aliphatic rings. The quantitative estimate of drug-likeness (QED) is 0.109. The predicted molar refractivity (Wildman–Crippen MR) is 154 cm³/mol. The van der Waals surface area contributed by atoms with E-state index in [1.54, 1.807) is 0 Å². The van der Waals surface area contributed by atoms with Gasteiger partial charge in [0.05, 0.1) is 11.1 Å². The lowest BCUT2D eigenvalue weighted by Crippen LogP contribution is -2.33. The molecule has 5 nitrogen and oxygen atoms in total. The zero-order valence-electron chi connectivity index (χ0n) is 20.4. The molecular weight excluding hydrogens is 503 g/mol. The summed E-state index contributed by atoms with van der Waals surface area (Å²) in [6, 6.07) is 36.3. The van der Waals surface area contributed by atoms with Gasteiger partial charge in [-0.3, -0.25) is 14.9 Å². The molecule has 37 heavy (non-hydrogen) atoms. The number of nitrogens with zero attached hydrogens (tertiary/aromatic N) is 1. The molecule has 0 fully saturated rings. The van der Waals surface area contributed by atoms with Crippen LogP contribution in [0, 0.1) is 10.1 Å². The monoisotopic (exact) mass is 531 g/mol. The number of nitro benzene ring substituents is 1. The summed E-state index contributed by atoms with van der Waals surface area (Å²) in [5.41, 5.74) is -0.259. The highest BCUT2D eigenvalue weighted by Gasteiger charge is 2.44. The molecule has 0 aliphatic heterocycles. The summed E-state index contributed by atoms with van der Waals surface area (Å²) in [5, 5.41) is 18.5. The predicted octanol–water partition coefficient (Wildman–Crippen LogP) is 6.14. The molecule has 0 heterocycles. The lowest BCUT2D eigenvalue weighted by molar-refractivity contribution is -0.385. The Morgan fingerprint density at radius 1 is 0.757 bits per heavy atom. The number of nitrogens with one attached hydrogen (secondary N) is 1. The number of unbranched alkanes of at least 4 members (excludes halogenated alkanes) is 2. The van der Waals surface area contributed by atoms with Crippen LogP contribution in [0.15, 0.2) is 109 Å². The molecule has 0 aliphatic carbocycles. The Balaban J connectivity index is 1.46. The number of rotatable bonds is 11. The van der Waals surface area contributed by atoms with Gasteiger partial charge in [-0.05, 0) is 67.8 Å². The maximum Gasteiger partial charge on any atom is 0.282 e. The Labute approximate surface area is 223 Å². The minimum Gasteiger partial charge on any atom is -0.352 e. The van der Waals surface area contributed by atoms with E-state index >= 15 is 0 Å². The van der Waals surface area contributed by atoms with Gasteiger partial charge in [-0.2, -0.15) is 0 Å². The first-order chi connectivity index (χ1) is 18.0. The molecule has 0 atom stereocenters. The van der Waals surface area contributed by atoms with Crippen molar-refractivity contribution in [2.24, 2.45) is 0 Å². The second kappa shape index (κ2) is 12.6. The van der Waals surface area contributed by atoms with E-state index in [0.717, 1.165) is 25.4 Å². The van der Waals surface area contributed by atoms with E-state index in [9.17, 15) is 14.9 Å². The van der Waals surface area contributed by atoms with Gasteiger partial charge in [-0.1, -0.05) is 66.2 Å². The summed E-state index contributed by atoms with van der Waals surface area (Å²) in [6.07, 6.45) is 3.70. The van der Waals surface area contributed by atoms with Crippen LogP contribution in [0.5, 0.6) is 0 Å². The Hall–Kier alpha value is -3.53. The van der Waals surface area contributed by atoms with E-state index in [2.05, 4.69) is 96.3 Å². The molecule has 0 saturated heterocycles. The number of hydrogen-bond donors (Lipinski definition) is 1. The van der Waals surface area contributed by atoms with Crippen LogP contribution in [-0.2, 0) is 0 Å². The molecule has 0 unspecified atom stereocenters. The van der Waals surface area contributed by atoms with Crippen LogP contribution in [0.25, 0.3) is 0 Å². The van der Waals surface area contributed by atoms with Gasteiger partial charge in [0, 0.05) is 17.6 Å². The number of carbonyl (C=O) groups is 1. The number of amides is 1. The highest BCUT2D eigenvalue weighted by atomic mass is 35.5. The molecule has 4 aromatic rings. The summed E-state index contributed by atoms with van der Waals surface area (Å²) < 4.78 is 0. The Morgan fingerprint density at radius 2 is 1.27 bits per heavy atom. The normalized spacial score (nSPS) is 11.2. The molecule has 188 valence electrons. The smallest absolute Gasteiger partial charge is 0.282 e. The Bertz CT molecular complexity index is 1240. The van der Waals surface area contributed by atoms with Crippen molar-refractivity contribution < 1.29 is 9.72 Å². The average Bonchev–Trinajstić information content (AvgIpc) is 2.94. The maximum absolute atomic E-state index is 12.6. The second-order valence-electron chi connectivity index (χ2n) is 8.78. The molecule has 0 spiro atoms. The standard InChI is InChI=1S/C30H28ClN2O3P/c31-24-19-20-29(33(35)36)28(23-24)30(34)32-21-11-4-12-22-37(25-13-5-1-6-14-25,26-15-7-2-8-16-26)27-17-9-3-10-18-27/h1-3,5-10,13-20,23H,4,11-12,21-22H2/p+1. The van der Waals surface area contributed by atoms with Crippen molar-refractivity contribution >= 4 is 46.4 Å². The second-order valence-corrected chi connectivity index (χ2v) is 12.8. The van der Waals surface area contributed by atoms with Crippen LogP contribution in [0.4, 0.5) is 5.69 Å². The van der Waals surface area contributed by atoms with E-state index < -0.39 is 18.1 Å². The first-order valence-corrected chi connectivity index (χ1v) is 14.6. The van der Waals surface area contributed by atoms with Gasteiger partial charge in [0.15, 0.2) is 0 Å². The van der Waals surface area contributed by atoms with Crippen molar-refractivity contribution in [2.75, 3.05) is 12.7 Å². The van der Waals surface area contributed by atoms with Crippen molar-refractivity contribution in [1.82, 2.24) is 5.32 Å². The van der Waals surface area contributed by atoms with Crippen LogP contribution in [0.3, 0.4) is 0 Å². The fourth-order valence-electron chi connectivity index (χ4n) is 4.68. The summed E-state index contributed by atoms with van der Waals surface area (Å²) >= 11 is 5.96. The summed E-state index contributed by atoms with van der Waals surface area (Å²) in [5.74, 6) is -0.478. The number of nitro groups is 1. The zero-order chi connectivity index (χ0) is 26.1. The summed E-state index contributed by atoms with van der Waals surface area (Å²) in [4.78, 5) is 23.3. The van der Waals surface area contributed by atoms with Gasteiger partial charge < -0.3 is 5.32 Å². The number of carbonyl (C=O) groups excluding carboxylic acids is 1. The first kappa shape index (κ1) is 26.5. The lowest BCUT2D eigenvalue weighted by atomic mass is 10.1. The Morgan fingerprint density at radius 3 is 1.76 bits per heavy atom. The topological polar surface area (TPSA) is 72.2 Å². The molecule has 0 aromatic heterocycles. The highest BCUT2D eigenvalue weighted by molar-refractivity contribution is 7.95. The molecule has 4 rings (SSSR count). The van der Waals surface area contributed by atoms with Gasteiger partial charge in [0.1, 0.15) is 28.7 Å². The van der Waals surface area contributed by atoms with E-state index in [0.29, 0.717) is 11.6 Å². The van der Waals surface area contributed by atoms with Crippen molar-refractivity contribution in [3.63, 3.8) is 0 Å². The van der Waals surface area contributed by atoms with E-state index in [4.69, 9.17) is 11.6 Å². The summed E-state index contributed by atoms with van der Waals surface area (Å²) in [6.45, 7) is 0.440. The average molecular weight is 532 g/mol. The first-order valence-electron chi connectivity index (χ1n) is 12.3. The van der Waals surface area contributed by atoms with E-state index in [-0.39, 0.29) is 11.3 Å². The fraction of sp³-hybridized carbons (Fsp3) is 0.167. The minimum absolute atomic E-state index is 0.0142. The molecule has 1 amide bonds.